The highest BCUT2D eigenvalue weighted by atomic mass is 16.6. The Hall–Kier alpha value is -3.30. The van der Waals surface area contributed by atoms with Crippen LogP contribution in [-0.4, -0.2) is 60.1 Å². The molecule has 0 aliphatic heterocycles. The number of rotatable bonds is 11. The molecular formula is C22H27N3O6. The number of fused-ring (bicyclic) bond motifs is 1. The molecule has 0 saturated heterocycles. The van der Waals surface area contributed by atoms with Gasteiger partial charge in [0, 0.05) is 12.6 Å². The van der Waals surface area contributed by atoms with Crippen LogP contribution in [0.3, 0.4) is 0 Å². The van der Waals surface area contributed by atoms with Gasteiger partial charge < -0.3 is 34.6 Å². The molecule has 0 spiro atoms. The number of para-hydroxylation sites is 1. The van der Waals surface area contributed by atoms with Crippen molar-refractivity contribution in [3.8, 4) is 11.5 Å². The van der Waals surface area contributed by atoms with Gasteiger partial charge in [-0.15, -0.1) is 0 Å². The summed E-state index contributed by atoms with van der Waals surface area (Å²) in [4.78, 5) is 27.9. The fourth-order valence-electron chi connectivity index (χ4n) is 3.08. The third-order valence-electron chi connectivity index (χ3n) is 4.70. The van der Waals surface area contributed by atoms with Crippen molar-refractivity contribution in [3.05, 3.63) is 58.5 Å². The maximum atomic E-state index is 11.4. The van der Waals surface area contributed by atoms with E-state index in [0.29, 0.717) is 29.1 Å². The van der Waals surface area contributed by atoms with Crippen molar-refractivity contribution in [2.45, 2.75) is 25.5 Å². The number of aromatic nitrogens is 2. The molecule has 0 fully saturated rings. The Morgan fingerprint density at radius 1 is 1.13 bits per heavy atom. The van der Waals surface area contributed by atoms with Gasteiger partial charge in [0.05, 0.1) is 12.6 Å². The van der Waals surface area contributed by atoms with Gasteiger partial charge in [0.15, 0.2) is 6.61 Å². The summed E-state index contributed by atoms with van der Waals surface area (Å²) >= 11 is 0. The molecule has 2 unspecified atom stereocenters. The SMILES string of the molecule is COC(=O)COc1ccc(CC(C)NCC(O)COc2cccc3[nH]c(=O)[nH]c23)cc1. The smallest absolute Gasteiger partial charge is 0.343 e. The zero-order valence-electron chi connectivity index (χ0n) is 17.5. The number of aromatic amines is 2. The molecule has 4 N–H and O–H groups in total. The number of hydrogen-bond donors (Lipinski definition) is 4. The third kappa shape index (κ3) is 6.59. The van der Waals surface area contributed by atoms with E-state index in [1.807, 2.05) is 19.1 Å². The molecule has 31 heavy (non-hydrogen) atoms. The molecule has 0 aliphatic carbocycles. The van der Waals surface area contributed by atoms with E-state index in [1.54, 1.807) is 30.3 Å². The van der Waals surface area contributed by atoms with Crippen molar-refractivity contribution in [1.82, 2.24) is 15.3 Å². The first-order valence-electron chi connectivity index (χ1n) is 9.98. The minimum atomic E-state index is -0.711. The Morgan fingerprint density at radius 3 is 2.65 bits per heavy atom. The van der Waals surface area contributed by atoms with Gasteiger partial charge in [-0.05, 0) is 43.2 Å². The normalized spacial score (nSPS) is 13.0. The van der Waals surface area contributed by atoms with Gasteiger partial charge in [-0.3, -0.25) is 0 Å². The molecule has 3 aromatic rings. The first-order chi connectivity index (χ1) is 14.9. The first kappa shape index (κ1) is 22.4. The van der Waals surface area contributed by atoms with Crippen LogP contribution in [0.4, 0.5) is 0 Å². The van der Waals surface area contributed by atoms with Gasteiger partial charge in [0.25, 0.3) is 0 Å². The lowest BCUT2D eigenvalue weighted by molar-refractivity contribution is -0.142. The Morgan fingerprint density at radius 2 is 1.90 bits per heavy atom. The molecule has 166 valence electrons. The number of hydrogen-bond acceptors (Lipinski definition) is 7. The lowest BCUT2D eigenvalue weighted by atomic mass is 10.1. The molecule has 9 nitrogen and oxygen atoms in total. The molecule has 0 bridgehead atoms. The second kappa shape index (κ2) is 10.6. The van der Waals surface area contributed by atoms with Gasteiger partial charge in [0.2, 0.25) is 0 Å². The van der Waals surface area contributed by atoms with E-state index in [9.17, 15) is 14.7 Å². The summed E-state index contributed by atoms with van der Waals surface area (Å²) in [5, 5.41) is 13.5. The van der Waals surface area contributed by atoms with Gasteiger partial charge in [0.1, 0.15) is 29.7 Å². The monoisotopic (exact) mass is 429 g/mol. The van der Waals surface area contributed by atoms with Crippen LogP contribution < -0.4 is 20.5 Å². The Balaban J connectivity index is 1.41. The van der Waals surface area contributed by atoms with Gasteiger partial charge in [-0.25, -0.2) is 9.59 Å². The van der Waals surface area contributed by atoms with Crippen LogP contribution in [0.15, 0.2) is 47.3 Å². The lowest BCUT2D eigenvalue weighted by Gasteiger charge is -2.18. The summed E-state index contributed by atoms with van der Waals surface area (Å²) in [6.07, 6.45) is 0.0480. The average molecular weight is 429 g/mol. The van der Waals surface area contributed by atoms with Crippen molar-refractivity contribution < 1.29 is 24.1 Å². The summed E-state index contributed by atoms with van der Waals surface area (Å²) < 4.78 is 15.5. The van der Waals surface area contributed by atoms with Crippen molar-refractivity contribution in [3.63, 3.8) is 0 Å². The highest BCUT2D eigenvalue weighted by Gasteiger charge is 2.11. The molecule has 1 aromatic heterocycles. The third-order valence-corrected chi connectivity index (χ3v) is 4.70. The van der Waals surface area contributed by atoms with E-state index in [2.05, 4.69) is 20.0 Å². The number of aliphatic hydroxyl groups is 1. The number of carbonyl (C=O) groups is 1. The number of methoxy groups -OCH3 is 1. The zero-order chi connectivity index (χ0) is 22.2. The second-order valence-electron chi connectivity index (χ2n) is 7.24. The molecule has 0 amide bonds. The first-order valence-corrected chi connectivity index (χ1v) is 9.98. The van der Waals surface area contributed by atoms with E-state index in [-0.39, 0.29) is 24.9 Å². The van der Waals surface area contributed by atoms with Crippen LogP contribution in [0.1, 0.15) is 12.5 Å². The van der Waals surface area contributed by atoms with E-state index in [4.69, 9.17) is 9.47 Å². The van der Waals surface area contributed by atoms with E-state index < -0.39 is 12.1 Å². The summed E-state index contributed by atoms with van der Waals surface area (Å²) in [7, 11) is 1.32. The van der Waals surface area contributed by atoms with Crippen molar-refractivity contribution in [2.24, 2.45) is 0 Å². The lowest BCUT2D eigenvalue weighted by Crippen LogP contribution is -2.37. The summed E-state index contributed by atoms with van der Waals surface area (Å²) in [5.41, 5.74) is 2.04. The number of imidazole rings is 1. The molecule has 1 heterocycles. The molecule has 9 heteroatoms. The maximum absolute atomic E-state index is 11.4. The van der Waals surface area contributed by atoms with Gasteiger partial charge in [-0.1, -0.05) is 18.2 Å². The Bertz CT molecular complexity index is 1040. The number of esters is 1. The second-order valence-corrected chi connectivity index (χ2v) is 7.24. The maximum Gasteiger partial charge on any atom is 0.343 e. The number of aliphatic hydroxyl groups excluding tert-OH is 1. The minimum absolute atomic E-state index is 0.0955. The number of nitrogens with one attached hydrogen (secondary N) is 3. The predicted octanol–water partition coefficient (Wildman–Crippen LogP) is 1.37. The summed E-state index contributed by atoms with van der Waals surface area (Å²) in [6.45, 7) is 2.36. The summed E-state index contributed by atoms with van der Waals surface area (Å²) in [5.74, 6) is 0.682. The van der Waals surface area contributed by atoms with Crippen LogP contribution >= 0.6 is 0 Å². The number of H-pyrrole nitrogens is 2. The largest absolute Gasteiger partial charge is 0.489 e. The quantitative estimate of drug-likeness (QED) is 0.339. The fourth-order valence-corrected chi connectivity index (χ4v) is 3.08. The highest BCUT2D eigenvalue weighted by molar-refractivity contribution is 5.81. The van der Waals surface area contributed by atoms with Crippen molar-refractivity contribution in [1.29, 1.82) is 0 Å². The standard InChI is InChI=1S/C22H27N3O6/c1-14(10-15-6-8-17(9-7-15)30-13-20(27)29-2)23-11-16(26)12-31-19-5-3-4-18-21(19)25-22(28)24-18/h3-9,14,16,23,26H,10-13H2,1-2H3,(H2,24,25,28). The molecule has 0 radical (unpaired) electrons. The molecule has 2 atom stereocenters. The predicted molar refractivity (Wildman–Crippen MR) is 116 cm³/mol. The summed E-state index contributed by atoms with van der Waals surface area (Å²) in [6, 6.07) is 12.9. The molecule has 0 aliphatic rings. The molecule has 3 rings (SSSR count). The number of benzene rings is 2. The van der Waals surface area contributed by atoms with Crippen LogP contribution in [0, 0.1) is 0 Å². The van der Waals surface area contributed by atoms with E-state index in [0.717, 1.165) is 12.0 Å². The minimum Gasteiger partial charge on any atom is -0.489 e. The van der Waals surface area contributed by atoms with Crippen LogP contribution in [0.25, 0.3) is 11.0 Å². The number of ether oxygens (including phenoxy) is 3. The highest BCUT2D eigenvalue weighted by Crippen LogP contribution is 2.21. The Labute approximate surface area is 179 Å². The Kier molecular flexibility index (Phi) is 7.69. The molecule has 2 aromatic carbocycles. The number of carbonyl (C=O) groups excluding carboxylic acids is 1. The van der Waals surface area contributed by atoms with Crippen LogP contribution in [0.2, 0.25) is 0 Å². The topological polar surface area (TPSA) is 126 Å². The van der Waals surface area contributed by atoms with E-state index in [1.165, 1.54) is 7.11 Å². The average Bonchev–Trinajstić information content (AvgIpc) is 3.16. The van der Waals surface area contributed by atoms with Crippen molar-refractivity contribution in [2.75, 3.05) is 26.9 Å². The molecule has 0 saturated carbocycles. The molecular weight excluding hydrogens is 402 g/mol. The van der Waals surface area contributed by atoms with Gasteiger partial charge >= 0.3 is 11.7 Å². The zero-order valence-corrected chi connectivity index (χ0v) is 17.5. The van der Waals surface area contributed by atoms with E-state index >= 15 is 0 Å². The fraction of sp³-hybridized carbons (Fsp3) is 0.364. The van der Waals surface area contributed by atoms with Gasteiger partial charge in [-0.2, -0.15) is 0 Å². The van der Waals surface area contributed by atoms with Crippen LogP contribution in [-0.2, 0) is 16.0 Å². The van der Waals surface area contributed by atoms with Crippen LogP contribution in [0.5, 0.6) is 11.5 Å². The van der Waals surface area contributed by atoms with Crippen molar-refractivity contribution >= 4 is 17.0 Å².